The summed E-state index contributed by atoms with van der Waals surface area (Å²) in [5.41, 5.74) is 2.88. The van der Waals surface area contributed by atoms with Crippen molar-refractivity contribution in [2.75, 3.05) is 13.7 Å². The lowest BCUT2D eigenvalue weighted by Gasteiger charge is -2.27. The molecule has 0 amide bonds. The quantitative estimate of drug-likeness (QED) is 0.334. The van der Waals surface area contributed by atoms with Crippen molar-refractivity contribution in [3.05, 3.63) is 87.4 Å². The highest BCUT2D eigenvalue weighted by atomic mass is 35.5. The minimum Gasteiger partial charge on any atom is -0.489 e. The van der Waals surface area contributed by atoms with E-state index in [1.807, 2.05) is 62.4 Å². The summed E-state index contributed by atoms with van der Waals surface area (Å²) in [6.07, 6.45) is 0.257. The van der Waals surface area contributed by atoms with Gasteiger partial charge in [-0.2, -0.15) is 0 Å². The molecule has 0 saturated carbocycles. The van der Waals surface area contributed by atoms with Crippen LogP contribution in [0.1, 0.15) is 36.6 Å². The van der Waals surface area contributed by atoms with Crippen molar-refractivity contribution >= 4 is 29.2 Å². The van der Waals surface area contributed by atoms with Crippen LogP contribution in [0.2, 0.25) is 10.0 Å². The molecule has 3 aromatic carbocycles. The van der Waals surface area contributed by atoms with E-state index >= 15 is 0 Å². The van der Waals surface area contributed by atoms with E-state index in [0.29, 0.717) is 41.2 Å². The molecule has 0 aromatic heterocycles. The lowest BCUT2D eigenvalue weighted by atomic mass is 10.0. The van der Waals surface area contributed by atoms with Crippen LogP contribution in [0, 0.1) is 0 Å². The molecule has 4 rings (SSSR count). The summed E-state index contributed by atoms with van der Waals surface area (Å²) in [5.74, 6) is 1.78. The number of ether oxygens (including phenoxy) is 4. The van der Waals surface area contributed by atoms with Gasteiger partial charge in [-0.25, -0.2) is 0 Å². The average Bonchev–Trinajstić information content (AvgIpc) is 2.88. The van der Waals surface area contributed by atoms with Gasteiger partial charge in [0.05, 0.1) is 17.2 Å². The molecule has 3 aromatic rings. The highest BCUT2D eigenvalue weighted by Gasteiger charge is 2.25. The van der Waals surface area contributed by atoms with Gasteiger partial charge >= 0.3 is 5.97 Å². The SMILES string of the molecule is COC(=O)C(Cc1ccc2c(c1)OC[C@H](c1ccc(OCc3ccc(Cl)c(Cl)c3)cc1)O2)NC(C)C. The van der Waals surface area contributed by atoms with E-state index in [1.54, 1.807) is 12.1 Å². The number of rotatable bonds is 9. The van der Waals surface area contributed by atoms with Gasteiger partial charge in [0.25, 0.3) is 0 Å². The number of carbonyl (C=O) groups excluding carboxylic acids is 1. The van der Waals surface area contributed by atoms with Crippen molar-refractivity contribution in [1.82, 2.24) is 5.32 Å². The molecule has 0 spiro atoms. The Bertz CT molecular complexity index is 1200. The summed E-state index contributed by atoms with van der Waals surface area (Å²) in [6.45, 7) is 4.76. The zero-order valence-electron chi connectivity index (χ0n) is 20.4. The smallest absolute Gasteiger partial charge is 0.323 e. The van der Waals surface area contributed by atoms with Crippen molar-refractivity contribution in [2.24, 2.45) is 0 Å². The van der Waals surface area contributed by atoms with E-state index in [9.17, 15) is 4.79 Å². The van der Waals surface area contributed by atoms with Gasteiger partial charge < -0.3 is 24.3 Å². The Kier molecular flexibility index (Phi) is 8.62. The molecular weight excluding hydrogens is 501 g/mol. The molecule has 8 heteroatoms. The van der Waals surface area contributed by atoms with E-state index in [1.165, 1.54) is 7.11 Å². The topological polar surface area (TPSA) is 66.0 Å². The monoisotopic (exact) mass is 529 g/mol. The fraction of sp³-hybridized carbons (Fsp3) is 0.321. The molecule has 2 atom stereocenters. The standard InChI is InChI=1S/C28H29Cl2NO5/c1-17(2)31-24(28(32)33-3)13-18-5-11-25-26(14-18)35-16-27(36-25)20-6-8-21(9-7-20)34-15-19-4-10-22(29)23(30)12-19/h4-12,14,17,24,27,31H,13,15-16H2,1-3H3/t24?,27-/m1/s1. The molecule has 36 heavy (non-hydrogen) atoms. The van der Waals surface area contributed by atoms with Crippen molar-refractivity contribution in [3.8, 4) is 17.2 Å². The van der Waals surface area contributed by atoms with E-state index in [-0.39, 0.29) is 18.1 Å². The Balaban J connectivity index is 1.36. The van der Waals surface area contributed by atoms with Gasteiger partial charge in [0.1, 0.15) is 25.0 Å². The Hall–Kier alpha value is -2.93. The van der Waals surface area contributed by atoms with Crippen LogP contribution in [0.3, 0.4) is 0 Å². The second-order valence-corrected chi connectivity index (χ2v) is 9.72. The fourth-order valence-corrected chi connectivity index (χ4v) is 4.29. The molecule has 190 valence electrons. The number of fused-ring (bicyclic) bond motifs is 1. The van der Waals surface area contributed by atoms with Gasteiger partial charge in [0, 0.05) is 6.04 Å². The molecular formula is C28H29Cl2NO5. The van der Waals surface area contributed by atoms with Gasteiger partial charge in [-0.1, -0.05) is 61.3 Å². The molecule has 1 aliphatic heterocycles. The molecule has 1 unspecified atom stereocenters. The number of hydrogen-bond donors (Lipinski definition) is 1. The zero-order valence-corrected chi connectivity index (χ0v) is 21.9. The van der Waals surface area contributed by atoms with Crippen LogP contribution in [0.25, 0.3) is 0 Å². The highest BCUT2D eigenvalue weighted by molar-refractivity contribution is 6.42. The van der Waals surface area contributed by atoms with Gasteiger partial charge in [0.2, 0.25) is 0 Å². The normalized spacial score (nSPS) is 15.4. The largest absolute Gasteiger partial charge is 0.489 e. The third-order valence-electron chi connectivity index (χ3n) is 5.77. The number of nitrogens with one attached hydrogen (secondary N) is 1. The zero-order chi connectivity index (χ0) is 25.7. The van der Waals surface area contributed by atoms with Crippen LogP contribution in [0.4, 0.5) is 0 Å². The van der Waals surface area contributed by atoms with E-state index < -0.39 is 6.04 Å². The van der Waals surface area contributed by atoms with Gasteiger partial charge in [0.15, 0.2) is 17.6 Å². The third-order valence-corrected chi connectivity index (χ3v) is 6.51. The maximum atomic E-state index is 12.1. The molecule has 6 nitrogen and oxygen atoms in total. The van der Waals surface area contributed by atoms with Crippen molar-refractivity contribution < 1.29 is 23.7 Å². The van der Waals surface area contributed by atoms with Crippen LogP contribution >= 0.6 is 23.2 Å². The number of hydrogen-bond acceptors (Lipinski definition) is 6. The molecule has 0 radical (unpaired) electrons. The van der Waals surface area contributed by atoms with Gasteiger partial charge in [-0.3, -0.25) is 4.79 Å². The lowest BCUT2D eigenvalue weighted by molar-refractivity contribution is -0.143. The van der Waals surface area contributed by atoms with Gasteiger partial charge in [-0.05, 0) is 59.5 Å². The first-order valence-corrected chi connectivity index (χ1v) is 12.5. The predicted octanol–water partition coefficient (Wildman–Crippen LogP) is 6.17. The molecule has 1 N–H and O–H groups in total. The maximum Gasteiger partial charge on any atom is 0.323 e. The van der Waals surface area contributed by atoms with Gasteiger partial charge in [-0.15, -0.1) is 0 Å². The molecule has 1 aliphatic rings. The van der Waals surface area contributed by atoms with Crippen LogP contribution in [0.5, 0.6) is 17.2 Å². The second kappa shape index (κ2) is 11.9. The number of halogens is 2. The van der Waals surface area contributed by atoms with Crippen LogP contribution in [-0.2, 0) is 22.6 Å². The first kappa shape index (κ1) is 26.1. The molecule has 0 bridgehead atoms. The van der Waals surface area contributed by atoms with Crippen LogP contribution < -0.4 is 19.5 Å². The van der Waals surface area contributed by atoms with Crippen molar-refractivity contribution in [3.63, 3.8) is 0 Å². The van der Waals surface area contributed by atoms with Crippen LogP contribution in [0.15, 0.2) is 60.7 Å². The molecule has 1 heterocycles. The Morgan fingerprint density at radius 2 is 1.75 bits per heavy atom. The number of esters is 1. The Labute approximate surface area is 221 Å². The molecule has 0 fully saturated rings. The van der Waals surface area contributed by atoms with Crippen LogP contribution in [-0.4, -0.2) is 31.8 Å². The summed E-state index contributed by atoms with van der Waals surface area (Å²) < 4.78 is 23.0. The fourth-order valence-electron chi connectivity index (χ4n) is 3.97. The average molecular weight is 530 g/mol. The number of methoxy groups -OCH3 is 1. The molecule has 0 saturated heterocycles. The summed E-state index contributed by atoms with van der Waals surface area (Å²) in [5, 5.41) is 4.27. The minimum atomic E-state index is -0.428. The lowest BCUT2D eigenvalue weighted by Crippen LogP contribution is -2.43. The second-order valence-electron chi connectivity index (χ2n) is 8.91. The predicted molar refractivity (Wildman–Crippen MR) is 140 cm³/mol. The van der Waals surface area contributed by atoms with E-state index in [4.69, 9.17) is 42.1 Å². The first-order valence-electron chi connectivity index (χ1n) is 11.8. The summed E-state index contributed by atoms with van der Waals surface area (Å²) >= 11 is 12.0. The highest BCUT2D eigenvalue weighted by Crippen LogP contribution is 2.37. The van der Waals surface area contributed by atoms with E-state index in [2.05, 4.69) is 5.32 Å². The van der Waals surface area contributed by atoms with Crippen molar-refractivity contribution in [1.29, 1.82) is 0 Å². The Morgan fingerprint density at radius 1 is 1.00 bits per heavy atom. The summed E-state index contributed by atoms with van der Waals surface area (Å²) in [4.78, 5) is 12.1. The third kappa shape index (κ3) is 6.64. The van der Waals surface area contributed by atoms with Crippen molar-refractivity contribution in [2.45, 2.75) is 45.1 Å². The first-order chi connectivity index (χ1) is 17.3. The Morgan fingerprint density at radius 3 is 2.44 bits per heavy atom. The number of benzene rings is 3. The molecule has 0 aliphatic carbocycles. The van der Waals surface area contributed by atoms with E-state index in [0.717, 1.165) is 22.4 Å². The number of carbonyl (C=O) groups is 1. The summed E-state index contributed by atoms with van der Waals surface area (Å²) in [6, 6.07) is 18.7. The minimum absolute atomic E-state index is 0.153. The summed E-state index contributed by atoms with van der Waals surface area (Å²) in [7, 11) is 1.40. The maximum absolute atomic E-state index is 12.1.